The molecule has 0 atom stereocenters. The number of hydrogen-bond acceptors (Lipinski definition) is 8. The van der Waals surface area contributed by atoms with E-state index >= 15 is 0 Å². The van der Waals surface area contributed by atoms with Crippen molar-refractivity contribution in [1.29, 1.82) is 0 Å². The van der Waals surface area contributed by atoms with Crippen molar-refractivity contribution in [1.82, 2.24) is 0 Å². The smallest absolute Gasteiger partial charge is 0.344 e. The van der Waals surface area contributed by atoms with Crippen LogP contribution in [-0.4, -0.2) is 39.3 Å². The standard InChI is InChI=1S/C59H70N2O6/c1-10-32-59(33-11-2)50-35-41(55-39(6)46-30-26-43(60(8)14-5)37-52(46)66-57(55)63)24-28-48(50)49-29-25-42(36-51(49)59)56-40(7)47-31-27-44(38-53(47)67-58(56)64)61(9)34-22-20-18-16-15-17-19-21-23-54(62)65-45(12-3)13-4/h12-13,24-31,35-38,45H,3-4,10-11,14-23,32-34H2,1-2,5-9H3. The fourth-order valence-electron chi connectivity index (χ4n) is 10.5. The summed E-state index contributed by atoms with van der Waals surface area (Å²) in [6.45, 7) is 19.7. The van der Waals surface area contributed by atoms with E-state index < -0.39 is 6.10 Å². The molecule has 1 aliphatic rings. The number of carbonyl (C=O) groups is 1. The number of benzene rings is 4. The molecule has 4 aromatic carbocycles. The van der Waals surface area contributed by atoms with Crippen LogP contribution >= 0.6 is 0 Å². The molecule has 0 aliphatic heterocycles. The fourth-order valence-corrected chi connectivity index (χ4v) is 10.5. The van der Waals surface area contributed by atoms with E-state index in [-0.39, 0.29) is 22.6 Å². The molecule has 0 amide bonds. The molecule has 0 unspecified atom stereocenters. The zero-order valence-electron chi connectivity index (χ0n) is 41.0. The highest BCUT2D eigenvalue weighted by Crippen LogP contribution is 2.55. The van der Waals surface area contributed by atoms with Gasteiger partial charge in [-0.3, -0.25) is 4.79 Å². The Bertz CT molecular complexity index is 2870. The van der Waals surface area contributed by atoms with E-state index in [1.807, 2.05) is 33.0 Å². The van der Waals surface area contributed by atoms with Gasteiger partial charge in [-0.1, -0.05) is 103 Å². The van der Waals surface area contributed by atoms with Crippen LogP contribution in [0.4, 0.5) is 11.4 Å². The zero-order chi connectivity index (χ0) is 47.8. The average Bonchev–Trinajstić information content (AvgIpc) is 3.58. The maximum Gasteiger partial charge on any atom is 0.344 e. The van der Waals surface area contributed by atoms with Gasteiger partial charge in [0.2, 0.25) is 0 Å². The van der Waals surface area contributed by atoms with E-state index in [1.165, 1.54) is 41.5 Å². The van der Waals surface area contributed by atoms with Gasteiger partial charge in [0.05, 0.1) is 11.1 Å². The van der Waals surface area contributed by atoms with E-state index in [0.29, 0.717) is 28.7 Å². The minimum Gasteiger partial charge on any atom is -0.454 e. The summed E-state index contributed by atoms with van der Waals surface area (Å²) in [5.74, 6) is -0.192. The Balaban J connectivity index is 1.06. The predicted molar refractivity (Wildman–Crippen MR) is 279 cm³/mol. The minimum atomic E-state index is -0.410. The molecule has 0 bridgehead atoms. The average molecular weight is 903 g/mol. The topological polar surface area (TPSA) is 93.2 Å². The summed E-state index contributed by atoms with van der Waals surface area (Å²) in [5, 5.41) is 1.87. The summed E-state index contributed by atoms with van der Waals surface area (Å²) in [6, 6.07) is 25.4. The van der Waals surface area contributed by atoms with Crippen LogP contribution in [-0.2, 0) is 14.9 Å². The van der Waals surface area contributed by atoms with Crippen LogP contribution in [0.2, 0.25) is 0 Å². The number of ether oxygens (including phenoxy) is 1. The number of aryl methyl sites for hydroxylation is 2. The van der Waals surface area contributed by atoms with Gasteiger partial charge in [0.15, 0.2) is 0 Å². The molecular formula is C59H70N2O6. The van der Waals surface area contributed by atoms with Gasteiger partial charge in [-0.15, -0.1) is 0 Å². The lowest BCUT2D eigenvalue weighted by Crippen LogP contribution is -2.25. The Morgan fingerprint density at radius 3 is 1.57 bits per heavy atom. The molecule has 2 heterocycles. The largest absolute Gasteiger partial charge is 0.454 e. The van der Waals surface area contributed by atoms with Gasteiger partial charge < -0.3 is 23.4 Å². The molecule has 1 aliphatic carbocycles. The molecule has 8 heteroatoms. The quantitative estimate of drug-likeness (QED) is 0.0272. The third-order valence-corrected chi connectivity index (χ3v) is 14.3. The van der Waals surface area contributed by atoms with Crippen LogP contribution in [0.5, 0.6) is 0 Å². The number of hydrogen-bond donors (Lipinski definition) is 0. The molecule has 6 aromatic rings. The summed E-state index contributed by atoms with van der Waals surface area (Å²) >= 11 is 0. The lowest BCUT2D eigenvalue weighted by Gasteiger charge is -2.32. The molecule has 7 rings (SSSR count). The Morgan fingerprint density at radius 1 is 0.642 bits per heavy atom. The highest BCUT2D eigenvalue weighted by atomic mass is 16.5. The van der Waals surface area contributed by atoms with Gasteiger partial charge in [-0.25, -0.2) is 9.59 Å². The molecule has 8 nitrogen and oxygen atoms in total. The first-order valence-electron chi connectivity index (χ1n) is 24.7. The monoisotopic (exact) mass is 903 g/mol. The SMILES string of the molecule is C=CC(C=C)OC(=O)CCCCCCCCCCN(C)c1ccc2c(C)c(-c3ccc4c(c3)C(CCC)(CCC)c3cc(-c5c(C)c6ccc(N(C)CC)cc6oc5=O)ccc3-4)c(=O)oc2c1. The van der Waals surface area contributed by atoms with Crippen LogP contribution in [0, 0.1) is 13.8 Å². The second-order valence-corrected chi connectivity index (χ2v) is 18.7. The second-order valence-electron chi connectivity index (χ2n) is 18.7. The first-order chi connectivity index (χ1) is 32.4. The summed E-state index contributed by atoms with van der Waals surface area (Å²) in [6.07, 6.45) is 15.8. The van der Waals surface area contributed by atoms with E-state index in [0.717, 1.165) is 115 Å². The van der Waals surface area contributed by atoms with Crippen LogP contribution < -0.4 is 21.1 Å². The van der Waals surface area contributed by atoms with Crippen molar-refractivity contribution >= 4 is 39.3 Å². The summed E-state index contributed by atoms with van der Waals surface area (Å²) < 4.78 is 17.5. The van der Waals surface area contributed by atoms with Crippen LogP contribution in [0.3, 0.4) is 0 Å². The minimum absolute atomic E-state index is 0.192. The number of carbonyl (C=O) groups excluding carboxylic acids is 1. The molecule has 0 radical (unpaired) electrons. The predicted octanol–water partition coefficient (Wildman–Crippen LogP) is 14.4. The van der Waals surface area contributed by atoms with Gasteiger partial charge in [0.1, 0.15) is 17.3 Å². The van der Waals surface area contributed by atoms with Gasteiger partial charge in [0, 0.05) is 73.3 Å². The Kier molecular flexibility index (Phi) is 15.8. The Hall–Kier alpha value is -6.15. The number of unbranched alkanes of at least 4 members (excludes halogenated alkanes) is 7. The second kappa shape index (κ2) is 21.6. The molecule has 0 N–H and O–H groups in total. The zero-order valence-corrected chi connectivity index (χ0v) is 41.0. The Labute approximate surface area is 397 Å². The summed E-state index contributed by atoms with van der Waals surface area (Å²) in [4.78, 5) is 44.3. The molecule has 0 spiro atoms. The maximum absolute atomic E-state index is 14.1. The van der Waals surface area contributed by atoms with E-state index in [9.17, 15) is 14.4 Å². The molecular weight excluding hydrogens is 833 g/mol. The van der Waals surface area contributed by atoms with Crippen molar-refractivity contribution in [3.8, 4) is 33.4 Å². The van der Waals surface area contributed by atoms with Crippen molar-refractivity contribution in [2.75, 3.05) is 37.0 Å². The fraction of sp³-hybridized carbons (Fsp3) is 0.407. The first-order valence-corrected chi connectivity index (χ1v) is 24.7. The molecule has 2 aromatic heterocycles. The van der Waals surface area contributed by atoms with E-state index in [4.69, 9.17) is 13.6 Å². The van der Waals surface area contributed by atoms with Crippen molar-refractivity contribution in [3.63, 3.8) is 0 Å². The van der Waals surface area contributed by atoms with Crippen LogP contribution in [0.25, 0.3) is 55.3 Å². The molecule has 0 fully saturated rings. The van der Waals surface area contributed by atoms with Gasteiger partial charge in [-0.05, 0) is 140 Å². The number of esters is 1. The van der Waals surface area contributed by atoms with Gasteiger partial charge in [0.25, 0.3) is 0 Å². The third-order valence-electron chi connectivity index (χ3n) is 14.3. The van der Waals surface area contributed by atoms with Crippen molar-refractivity contribution in [2.24, 2.45) is 0 Å². The van der Waals surface area contributed by atoms with Gasteiger partial charge in [-0.2, -0.15) is 0 Å². The summed E-state index contributed by atoms with van der Waals surface area (Å²) in [7, 11) is 4.13. The number of anilines is 2. The first kappa shape index (κ1) is 48.8. The molecule has 67 heavy (non-hydrogen) atoms. The Morgan fingerprint density at radius 2 is 1.10 bits per heavy atom. The normalized spacial score (nSPS) is 12.7. The third kappa shape index (κ3) is 10.1. The molecule has 0 saturated carbocycles. The lowest BCUT2D eigenvalue weighted by atomic mass is 9.70. The highest BCUT2D eigenvalue weighted by Gasteiger charge is 2.42. The maximum atomic E-state index is 14.1. The lowest BCUT2D eigenvalue weighted by molar-refractivity contribution is -0.145. The van der Waals surface area contributed by atoms with Crippen molar-refractivity contribution < 1.29 is 18.4 Å². The van der Waals surface area contributed by atoms with Gasteiger partial charge >= 0.3 is 17.2 Å². The number of rotatable bonds is 23. The van der Waals surface area contributed by atoms with Crippen LogP contribution in [0.15, 0.2) is 117 Å². The number of fused-ring (bicyclic) bond motifs is 5. The summed E-state index contributed by atoms with van der Waals surface area (Å²) in [5.41, 5.74) is 11.8. The van der Waals surface area contributed by atoms with Crippen molar-refractivity contribution in [3.05, 3.63) is 141 Å². The molecule has 352 valence electrons. The van der Waals surface area contributed by atoms with Crippen molar-refractivity contribution in [2.45, 2.75) is 130 Å². The number of nitrogens with zero attached hydrogens (tertiary/aromatic N) is 2. The van der Waals surface area contributed by atoms with E-state index in [2.05, 4.69) is 111 Å². The van der Waals surface area contributed by atoms with Crippen LogP contribution in [0.1, 0.15) is 126 Å². The molecule has 0 saturated heterocycles. The highest BCUT2D eigenvalue weighted by molar-refractivity contribution is 5.93. The van der Waals surface area contributed by atoms with E-state index in [1.54, 1.807) is 12.2 Å².